The van der Waals surface area contributed by atoms with Gasteiger partial charge >= 0.3 is 5.97 Å². The van der Waals surface area contributed by atoms with Crippen LogP contribution in [0, 0.1) is 0 Å². The second-order valence-corrected chi connectivity index (χ2v) is 5.85. The van der Waals surface area contributed by atoms with Gasteiger partial charge in [0.15, 0.2) is 11.7 Å². The van der Waals surface area contributed by atoms with Crippen molar-refractivity contribution in [2.45, 2.75) is 39.2 Å². The fourth-order valence-electron chi connectivity index (χ4n) is 2.40. The average Bonchev–Trinajstić information content (AvgIpc) is 3.02. The van der Waals surface area contributed by atoms with Crippen LogP contribution in [0.2, 0.25) is 0 Å². The van der Waals surface area contributed by atoms with Crippen LogP contribution in [0.25, 0.3) is 11.3 Å². The molecular weight excluding hydrogens is 308 g/mol. The number of amides is 1. The minimum atomic E-state index is -1.00. The van der Waals surface area contributed by atoms with Crippen molar-refractivity contribution in [2.24, 2.45) is 0 Å². The van der Waals surface area contributed by atoms with E-state index in [0.29, 0.717) is 24.5 Å². The topological polar surface area (TPSA) is 83.6 Å². The number of aromatic nitrogens is 1. The zero-order valence-electron chi connectivity index (χ0n) is 13.9. The van der Waals surface area contributed by atoms with Crippen LogP contribution in [0.4, 0.5) is 0 Å². The summed E-state index contributed by atoms with van der Waals surface area (Å²) in [5.41, 5.74) is 0.958. The molecule has 2 aromatic rings. The van der Waals surface area contributed by atoms with E-state index in [1.165, 1.54) is 4.90 Å². The molecule has 0 aliphatic carbocycles. The lowest BCUT2D eigenvalue weighted by Crippen LogP contribution is -2.40. The van der Waals surface area contributed by atoms with E-state index in [0.717, 1.165) is 5.56 Å². The van der Waals surface area contributed by atoms with Crippen molar-refractivity contribution in [3.8, 4) is 11.3 Å². The molecule has 0 bridgehead atoms. The van der Waals surface area contributed by atoms with Gasteiger partial charge in [-0.3, -0.25) is 9.59 Å². The van der Waals surface area contributed by atoms with Crippen molar-refractivity contribution in [3.63, 3.8) is 0 Å². The van der Waals surface area contributed by atoms with Gasteiger partial charge in [-0.05, 0) is 20.3 Å². The molecule has 0 saturated heterocycles. The van der Waals surface area contributed by atoms with E-state index in [-0.39, 0.29) is 24.9 Å². The highest BCUT2D eigenvalue weighted by Gasteiger charge is 2.19. The molecule has 128 valence electrons. The molecule has 0 fully saturated rings. The minimum Gasteiger partial charge on any atom is -0.480 e. The molecule has 6 heteroatoms. The number of benzene rings is 1. The SMILES string of the molecule is CC(C)N(CC(=O)O)C(=O)CCCc1ncc(-c2ccccc2)o1. The Hall–Kier alpha value is -2.63. The normalized spacial score (nSPS) is 10.8. The van der Waals surface area contributed by atoms with Gasteiger partial charge in [0.05, 0.1) is 6.20 Å². The zero-order chi connectivity index (χ0) is 17.5. The average molecular weight is 330 g/mol. The zero-order valence-corrected chi connectivity index (χ0v) is 13.9. The molecule has 6 nitrogen and oxygen atoms in total. The molecule has 1 heterocycles. The number of carboxylic acids is 1. The molecule has 0 spiro atoms. The molecule has 1 N–H and O–H groups in total. The van der Waals surface area contributed by atoms with Crippen LogP contribution in [0.15, 0.2) is 40.9 Å². The minimum absolute atomic E-state index is 0.139. The van der Waals surface area contributed by atoms with Gasteiger partial charge in [-0.25, -0.2) is 4.98 Å². The van der Waals surface area contributed by atoms with Crippen molar-refractivity contribution in [3.05, 3.63) is 42.4 Å². The van der Waals surface area contributed by atoms with Crippen LogP contribution in [0.3, 0.4) is 0 Å². The Balaban J connectivity index is 1.87. The van der Waals surface area contributed by atoms with Gasteiger partial charge in [0.2, 0.25) is 5.91 Å². The number of aliphatic carboxylic acids is 1. The molecule has 2 rings (SSSR count). The lowest BCUT2D eigenvalue weighted by Gasteiger charge is -2.24. The number of oxazole rings is 1. The first kappa shape index (κ1) is 17.7. The third kappa shape index (κ3) is 4.94. The molecule has 0 radical (unpaired) electrons. The van der Waals surface area contributed by atoms with E-state index >= 15 is 0 Å². The molecule has 1 amide bonds. The van der Waals surface area contributed by atoms with Crippen LogP contribution in [0.5, 0.6) is 0 Å². The fraction of sp³-hybridized carbons (Fsp3) is 0.389. The lowest BCUT2D eigenvalue weighted by atomic mass is 10.2. The Kier molecular flexibility index (Phi) is 6.12. The predicted octanol–water partition coefficient (Wildman–Crippen LogP) is 2.99. The van der Waals surface area contributed by atoms with Crippen molar-refractivity contribution in [1.82, 2.24) is 9.88 Å². The van der Waals surface area contributed by atoms with Gasteiger partial charge in [0.25, 0.3) is 0 Å². The molecule has 0 unspecified atom stereocenters. The number of hydrogen-bond donors (Lipinski definition) is 1. The molecule has 0 saturated carbocycles. The number of carboxylic acid groups (broad SMARTS) is 1. The molecule has 1 aromatic heterocycles. The van der Waals surface area contributed by atoms with Gasteiger partial charge in [0, 0.05) is 24.4 Å². The summed E-state index contributed by atoms with van der Waals surface area (Å²) in [5.74, 6) is 0.113. The largest absolute Gasteiger partial charge is 0.480 e. The van der Waals surface area contributed by atoms with Gasteiger partial charge in [-0.2, -0.15) is 0 Å². The second-order valence-electron chi connectivity index (χ2n) is 5.85. The van der Waals surface area contributed by atoms with E-state index < -0.39 is 5.97 Å². The van der Waals surface area contributed by atoms with Crippen molar-refractivity contribution >= 4 is 11.9 Å². The van der Waals surface area contributed by atoms with Gasteiger partial charge in [-0.1, -0.05) is 30.3 Å². The summed E-state index contributed by atoms with van der Waals surface area (Å²) in [7, 11) is 0. The molecule has 1 aromatic carbocycles. The van der Waals surface area contributed by atoms with Crippen molar-refractivity contribution in [1.29, 1.82) is 0 Å². The Labute approximate surface area is 141 Å². The smallest absolute Gasteiger partial charge is 0.323 e. The number of hydrogen-bond acceptors (Lipinski definition) is 4. The van der Waals surface area contributed by atoms with Crippen LogP contribution in [0.1, 0.15) is 32.6 Å². The molecule has 0 atom stereocenters. The Morgan fingerprint density at radius 1 is 1.25 bits per heavy atom. The van der Waals surface area contributed by atoms with E-state index in [1.807, 2.05) is 30.3 Å². The maximum atomic E-state index is 12.1. The first-order valence-corrected chi connectivity index (χ1v) is 7.98. The molecule has 24 heavy (non-hydrogen) atoms. The number of carbonyl (C=O) groups is 2. The Morgan fingerprint density at radius 3 is 2.58 bits per heavy atom. The molecular formula is C18H22N2O4. The number of rotatable bonds is 8. The monoisotopic (exact) mass is 330 g/mol. The van der Waals surface area contributed by atoms with Gasteiger partial charge < -0.3 is 14.4 Å². The molecule has 0 aliphatic heterocycles. The van der Waals surface area contributed by atoms with Crippen LogP contribution >= 0.6 is 0 Å². The van der Waals surface area contributed by atoms with E-state index in [2.05, 4.69) is 4.98 Å². The maximum Gasteiger partial charge on any atom is 0.323 e. The first-order valence-electron chi connectivity index (χ1n) is 7.98. The maximum absolute atomic E-state index is 12.1. The summed E-state index contributed by atoms with van der Waals surface area (Å²) in [6, 6.07) is 9.54. The summed E-state index contributed by atoms with van der Waals surface area (Å²) in [4.78, 5) is 28.6. The standard InChI is InChI=1S/C18H22N2O4/c1-13(2)20(12-18(22)23)17(21)10-6-9-16-19-11-15(24-16)14-7-4-3-5-8-14/h3-5,7-8,11,13H,6,9-10,12H2,1-2H3,(H,22,23). The summed E-state index contributed by atoms with van der Waals surface area (Å²) < 4.78 is 5.69. The Bertz CT molecular complexity index is 679. The third-order valence-corrected chi connectivity index (χ3v) is 3.64. The lowest BCUT2D eigenvalue weighted by molar-refractivity contribution is -0.145. The summed E-state index contributed by atoms with van der Waals surface area (Å²) in [6.45, 7) is 3.34. The van der Waals surface area contributed by atoms with Crippen molar-refractivity contribution in [2.75, 3.05) is 6.54 Å². The highest BCUT2D eigenvalue weighted by molar-refractivity contribution is 5.81. The highest BCUT2D eigenvalue weighted by Crippen LogP contribution is 2.20. The number of carbonyl (C=O) groups excluding carboxylic acids is 1. The highest BCUT2D eigenvalue weighted by atomic mass is 16.4. The molecule has 0 aliphatic rings. The van der Waals surface area contributed by atoms with Crippen LogP contribution < -0.4 is 0 Å². The predicted molar refractivity (Wildman–Crippen MR) is 89.4 cm³/mol. The summed E-state index contributed by atoms with van der Waals surface area (Å²) in [6.07, 6.45) is 3.06. The number of nitrogens with zero attached hydrogens (tertiary/aromatic N) is 2. The van der Waals surface area contributed by atoms with Gasteiger partial charge in [0.1, 0.15) is 6.54 Å². The second kappa shape index (κ2) is 8.29. The quantitative estimate of drug-likeness (QED) is 0.804. The van der Waals surface area contributed by atoms with E-state index in [1.54, 1.807) is 20.0 Å². The summed E-state index contributed by atoms with van der Waals surface area (Å²) in [5, 5.41) is 8.88. The van der Waals surface area contributed by atoms with E-state index in [4.69, 9.17) is 9.52 Å². The fourth-order valence-corrected chi connectivity index (χ4v) is 2.40. The van der Waals surface area contributed by atoms with E-state index in [9.17, 15) is 9.59 Å². The van der Waals surface area contributed by atoms with Crippen molar-refractivity contribution < 1.29 is 19.1 Å². The van der Waals surface area contributed by atoms with Crippen LogP contribution in [-0.4, -0.2) is 39.5 Å². The van der Waals surface area contributed by atoms with Gasteiger partial charge in [-0.15, -0.1) is 0 Å². The third-order valence-electron chi connectivity index (χ3n) is 3.64. The van der Waals surface area contributed by atoms with Crippen LogP contribution in [-0.2, 0) is 16.0 Å². The number of aryl methyl sites for hydroxylation is 1. The Morgan fingerprint density at radius 2 is 1.96 bits per heavy atom. The first-order chi connectivity index (χ1) is 11.5. The summed E-state index contributed by atoms with van der Waals surface area (Å²) >= 11 is 0.